The number of nitrogens with one attached hydrogen (secondary N) is 2. The van der Waals surface area contributed by atoms with Crippen LogP contribution < -0.4 is 32.3 Å². The molecule has 2 heterocycles. The Morgan fingerprint density at radius 2 is 1.83 bits per heavy atom. The van der Waals surface area contributed by atoms with Crippen molar-refractivity contribution in [1.82, 2.24) is 15.2 Å². The van der Waals surface area contributed by atoms with Crippen molar-refractivity contribution in [3.8, 4) is 11.5 Å². The predicted molar refractivity (Wildman–Crippen MR) is 177 cm³/mol. The number of carbonyl (C=O) groups is 1. The lowest BCUT2D eigenvalue weighted by Gasteiger charge is -2.15. The zero-order valence-corrected chi connectivity index (χ0v) is 26.3. The molecule has 0 atom stereocenters. The first-order valence-electron chi connectivity index (χ1n) is 14.6. The van der Waals surface area contributed by atoms with Gasteiger partial charge in [-0.25, -0.2) is 9.18 Å². The number of aromatic hydroxyl groups is 1. The van der Waals surface area contributed by atoms with Crippen LogP contribution in [0.4, 0.5) is 4.39 Å². The predicted octanol–water partition coefficient (Wildman–Crippen LogP) is 4.63. The molecule has 1 amide bonds. The van der Waals surface area contributed by atoms with Gasteiger partial charge < -0.3 is 35.2 Å². The molecule has 0 saturated heterocycles. The van der Waals surface area contributed by atoms with Gasteiger partial charge in [-0.15, -0.1) is 0 Å². The molecule has 240 valence electrons. The summed E-state index contributed by atoms with van der Waals surface area (Å²) in [6.07, 6.45) is 1.63. The summed E-state index contributed by atoms with van der Waals surface area (Å²) < 4.78 is 26.4. The molecule has 0 aliphatic rings. The van der Waals surface area contributed by atoms with E-state index in [-0.39, 0.29) is 40.7 Å². The second-order valence-corrected chi connectivity index (χ2v) is 11.9. The number of rotatable bonds is 14. The largest absolute Gasteiger partial charge is 0.505 e. The Kier molecular flexibility index (Phi) is 11.0. The first-order valence-corrected chi connectivity index (χ1v) is 15.8. The van der Waals surface area contributed by atoms with E-state index in [0.717, 1.165) is 37.7 Å². The van der Waals surface area contributed by atoms with Crippen LogP contribution in [0.3, 0.4) is 0 Å². The Morgan fingerprint density at radius 3 is 2.59 bits per heavy atom. The third-order valence-corrected chi connectivity index (χ3v) is 8.36. The molecule has 3 aromatic carbocycles. The van der Waals surface area contributed by atoms with Crippen molar-refractivity contribution in [2.24, 2.45) is 5.73 Å². The fraction of sp³-hybridized carbons (Fsp3) is 0.242. The number of nitrogens with two attached hydrogens (primary N) is 1. The van der Waals surface area contributed by atoms with E-state index in [2.05, 4.69) is 10.6 Å². The molecule has 0 bridgehead atoms. The molecule has 0 aliphatic heterocycles. The molecular weight excluding hydrogens is 635 g/mol. The van der Waals surface area contributed by atoms with Gasteiger partial charge >= 0.3 is 5.63 Å². The summed E-state index contributed by atoms with van der Waals surface area (Å²) >= 11 is 7.01. The lowest BCUT2D eigenvalue weighted by atomic mass is 10.1. The molecule has 10 nitrogen and oxygen atoms in total. The number of hydrogen-bond donors (Lipinski definition) is 4. The number of aromatic nitrogens is 1. The molecule has 0 spiro atoms. The number of fused-ring (bicyclic) bond motifs is 3. The van der Waals surface area contributed by atoms with Crippen LogP contribution in [0.15, 0.2) is 90.5 Å². The van der Waals surface area contributed by atoms with Gasteiger partial charge in [-0.05, 0) is 80.5 Å². The minimum atomic E-state index is -0.835. The second kappa shape index (κ2) is 15.3. The summed E-state index contributed by atoms with van der Waals surface area (Å²) in [6, 6.07) is 17.1. The van der Waals surface area contributed by atoms with E-state index in [4.69, 9.17) is 26.5 Å². The number of hydrogen-bond acceptors (Lipinski definition) is 9. The van der Waals surface area contributed by atoms with Gasteiger partial charge in [0.2, 0.25) is 0 Å². The Morgan fingerprint density at radius 1 is 1.04 bits per heavy atom. The minimum Gasteiger partial charge on any atom is -0.505 e. The van der Waals surface area contributed by atoms with Gasteiger partial charge in [0.05, 0.1) is 12.1 Å². The smallest absolute Gasteiger partial charge is 0.354 e. The molecule has 5 N–H and O–H groups in total. The highest BCUT2D eigenvalue weighted by atomic mass is 35.5. The quantitative estimate of drug-likeness (QED) is 0.0983. The maximum atomic E-state index is 14.0. The van der Waals surface area contributed by atoms with E-state index >= 15 is 0 Å². The van der Waals surface area contributed by atoms with Crippen molar-refractivity contribution < 1.29 is 23.4 Å². The lowest BCUT2D eigenvalue weighted by molar-refractivity contribution is -0.123. The highest BCUT2D eigenvalue weighted by Crippen LogP contribution is 2.38. The number of pyridine rings is 1. The van der Waals surface area contributed by atoms with Gasteiger partial charge in [0.1, 0.15) is 21.8 Å². The van der Waals surface area contributed by atoms with E-state index in [1.807, 2.05) is 0 Å². The minimum absolute atomic E-state index is 0.00411. The maximum absolute atomic E-state index is 14.0. The molecule has 13 heteroatoms. The zero-order valence-electron chi connectivity index (χ0n) is 24.7. The summed E-state index contributed by atoms with van der Waals surface area (Å²) in [5.41, 5.74) is 4.83. The van der Waals surface area contributed by atoms with Crippen molar-refractivity contribution >= 4 is 51.1 Å². The highest BCUT2D eigenvalue weighted by molar-refractivity contribution is 7.99. The molecule has 0 aliphatic carbocycles. The van der Waals surface area contributed by atoms with Crippen molar-refractivity contribution in [1.29, 1.82) is 0 Å². The van der Waals surface area contributed by atoms with Crippen LogP contribution in [0, 0.1) is 5.82 Å². The Balaban J connectivity index is 1.48. The van der Waals surface area contributed by atoms with Crippen LogP contribution in [0.25, 0.3) is 21.9 Å². The fourth-order valence-electron chi connectivity index (χ4n) is 4.82. The van der Waals surface area contributed by atoms with Crippen LogP contribution in [-0.4, -0.2) is 48.4 Å². The van der Waals surface area contributed by atoms with Gasteiger partial charge in [-0.1, -0.05) is 41.6 Å². The topological polar surface area (TPSA) is 149 Å². The Labute approximate surface area is 272 Å². The summed E-state index contributed by atoms with van der Waals surface area (Å²) in [7, 11) is 0. The molecule has 5 rings (SSSR count). The number of carbonyl (C=O) groups excluding carboxylic acids is 1. The molecule has 0 radical (unpaired) electrons. The van der Waals surface area contributed by atoms with Gasteiger partial charge in [0.15, 0.2) is 17.9 Å². The van der Waals surface area contributed by atoms with Gasteiger partial charge in [0.25, 0.3) is 11.5 Å². The molecule has 0 unspecified atom stereocenters. The van der Waals surface area contributed by atoms with Crippen LogP contribution in [0.5, 0.6) is 11.5 Å². The molecule has 0 fully saturated rings. The Hall–Kier alpha value is -4.36. The van der Waals surface area contributed by atoms with Crippen LogP contribution in [0.2, 0.25) is 5.02 Å². The molecule has 46 heavy (non-hydrogen) atoms. The van der Waals surface area contributed by atoms with Crippen molar-refractivity contribution in [2.75, 3.05) is 32.8 Å². The van der Waals surface area contributed by atoms with Crippen LogP contribution >= 0.6 is 23.4 Å². The van der Waals surface area contributed by atoms with E-state index < -0.39 is 22.8 Å². The molecule has 2 aromatic heterocycles. The van der Waals surface area contributed by atoms with Gasteiger partial charge in [-0.3, -0.25) is 9.59 Å². The van der Waals surface area contributed by atoms with Crippen LogP contribution in [0.1, 0.15) is 18.4 Å². The third kappa shape index (κ3) is 7.88. The normalized spacial score (nSPS) is 11.3. The first kappa shape index (κ1) is 33.0. The zero-order chi connectivity index (χ0) is 32.6. The van der Waals surface area contributed by atoms with Crippen molar-refractivity contribution in [2.45, 2.75) is 29.2 Å². The first-order chi connectivity index (χ1) is 22.2. The van der Waals surface area contributed by atoms with Gasteiger partial charge in [-0.2, -0.15) is 0 Å². The molecular formula is C33H32ClFN4O6S. The van der Waals surface area contributed by atoms with Crippen LogP contribution in [-0.2, 0) is 11.3 Å². The van der Waals surface area contributed by atoms with E-state index in [0.29, 0.717) is 39.5 Å². The highest BCUT2D eigenvalue weighted by Gasteiger charge is 2.23. The number of benzene rings is 3. The average molecular weight is 667 g/mol. The SMILES string of the molecule is NCCCNCCCNC(=O)COc1ccc2c3oc(=O)c(Sc4cccc(Cl)c4)c(O)c3c(=O)n(Cc3ccc(F)cc3)c2c1. The summed E-state index contributed by atoms with van der Waals surface area (Å²) in [4.78, 5) is 39.9. The standard InChI is InChI=1S/C33H32ClFN4O6S/c34-21-4-1-5-24(16-21)46-31-29(41)28-30(45-33(31)43)25-11-10-23(44-19-27(40)38-15-3-14-37-13-2-12-36)17-26(25)39(32(28)42)18-20-6-8-22(35)9-7-20/h1,4-11,16-17,37,41H,2-3,12-15,18-19,36H2,(H,38,40). The maximum Gasteiger partial charge on any atom is 0.354 e. The van der Waals surface area contributed by atoms with E-state index in [1.165, 1.54) is 16.7 Å². The third-order valence-electron chi connectivity index (χ3n) is 7.07. The number of ether oxygens (including phenoxy) is 1. The van der Waals surface area contributed by atoms with Gasteiger partial charge in [0, 0.05) is 27.9 Å². The lowest BCUT2D eigenvalue weighted by Crippen LogP contribution is -2.31. The molecule has 0 saturated carbocycles. The summed E-state index contributed by atoms with van der Waals surface area (Å²) in [6.45, 7) is 2.40. The summed E-state index contributed by atoms with van der Waals surface area (Å²) in [5, 5.41) is 18.0. The number of nitrogens with zero attached hydrogens (tertiary/aromatic N) is 1. The van der Waals surface area contributed by atoms with Crippen molar-refractivity contribution in [3.63, 3.8) is 0 Å². The number of amides is 1. The van der Waals surface area contributed by atoms with E-state index in [9.17, 15) is 23.9 Å². The number of halogens is 2. The average Bonchev–Trinajstić information content (AvgIpc) is 3.04. The fourth-order valence-corrected chi connectivity index (χ4v) is 5.96. The second-order valence-electron chi connectivity index (χ2n) is 10.4. The monoisotopic (exact) mass is 666 g/mol. The van der Waals surface area contributed by atoms with E-state index in [1.54, 1.807) is 54.6 Å². The van der Waals surface area contributed by atoms with Crippen molar-refractivity contribution in [3.05, 3.63) is 104 Å². The Bertz CT molecular complexity index is 1980. The molecule has 5 aromatic rings. The summed E-state index contributed by atoms with van der Waals surface area (Å²) in [5.74, 6) is -0.983.